The number of halogens is 1. The van der Waals surface area contributed by atoms with Crippen molar-refractivity contribution in [3.8, 4) is 5.88 Å². The topological polar surface area (TPSA) is 78.8 Å². The first-order valence-corrected chi connectivity index (χ1v) is 9.56. The normalized spacial score (nSPS) is 12.0. The Balaban J connectivity index is 0.00000392. The third-order valence-corrected chi connectivity index (χ3v) is 3.94. The number of hydrogen-bond acceptors (Lipinski definition) is 4. The van der Waals surface area contributed by atoms with E-state index >= 15 is 0 Å². The van der Waals surface area contributed by atoms with Gasteiger partial charge in [-0.1, -0.05) is 43.3 Å². The number of aliphatic imine (C=N–C) groups is 1. The molecule has 6 nitrogen and oxygen atoms in total. The summed E-state index contributed by atoms with van der Waals surface area (Å²) in [7, 11) is 0. The molecule has 0 amide bonds. The van der Waals surface area contributed by atoms with Gasteiger partial charge in [0.05, 0.1) is 19.3 Å². The van der Waals surface area contributed by atoms with Gasteiger partial charge >= 0.3 is 0 Å². The van der Waals surface area contributed by atoms with Crippen LogP contribution in [0.3, 0.4) is 0 Å². The predicted octanol–water partition coefficient (Wildman–Crippen LogP) is 3.67. The first-order chi connectivity index (χ1) is 13.2. The summed E-state index contributed by atoms with van der Waals surface area (Å²) in [5.41, 5.74) is 1.88. The molecular weight excluding hydrogens is 467 g/mol. The molecule has 154 valence electrons. The molecule has 1 atom stereocenters. The second kappa shape index (κ2) is 14.2. The molecule has 2 rings (SSSR count). The number of aliphatic hydroxyl groups excluding tert-OH is 1. The van der Waals surface area contributed by atoms with Crippen molar-refractivity contribution < 1.29 is 9.84 Å². The first-order valence-electron chi connectivity index (χ1n) is 9.56. The van der Waals surface area contributed by atoms with Crippen LogP contribution in [0.4, 0.5) is 0 Å². The number of pyridine rings is 1. The molecule has 0 aliphatic rings. The fourth-order valence-corrected chi connectivity index (χ4v) is 2.55. The van der Waals surface area contributed by atoms with Gasteiger partial charge < -0.3 is 20.5 Å². The van der Waals surface area contributed by atoms with Crippen LogP contribution in [0.5, 0.6) is 5.88 Å². The lowest BCUT2D eigenvalue weighted by Crippen LogP contribution is -2.38. The molecule has 1 heterocycles. The Morgan fingerprint density at radius 1 is 1.14 bits per heavy atom. The second-order valence-electron chi connectivity index (χ2n) is 6.15. The zero-order chi connectivity index (χ0) is 19.3. The van der Waals surface area contributed by atoms with Crippen LogP contribution < -0.4 is 15.4 Å². The van der Waals surface area contributed by atoms with Crippen LogP contribution in [0.15, 0.2) is 53.7 Å². The van der Waals surface area contributed by atoms with E-state index < -0.39 is 6.10 Å². The van der Waals surface area contributed by atoms with Crippen molar-refractivity contribution in [2.24, 2.45) is 4.99 Å². The molecule has 0 aliphatic heterocycles. The van der Waals surface area contributed by atoms with E-state index in [9.17, 15) is 5.11 Å². The number of hydrogen-bond donors (Lipinski definition) is 3. The van der Waals surface area contributed by atoms with E-state index in [1.807, 2.05) is 49.4 Å². The maximum absolute atomic E-state index is 10.3. The summed E-state index contributed by atoms with van der Waals surface area (Å²) in [6.45, 7) is 6.59. The molecule has 2 aromatic rings. The van der Waals surface area contributed by atoms with E-state index in [2.05, 4.69) is 27.5 Å². The number of nitrogens with zero attached hydrogens (tertiary/aromatic N) is 2. The summed E-state index contributed by atoms with van der Waals surface area (Å²) in [5, 5.41) is 16.8. The van der Waals surface area contributed by atoms with E-state index in [1.165, 1.54) is 0 Å². The van der Waals surface area contributed by atoms with Gasteiger partial charge in [-0.25, -0.2) is 9.98 Å². The smallest absolute Gasteiger partial charge is 0.218 e. The molecule has 3 N–H and O–H groups in total. The van der Waals surface area contributed by atoms with Gasteiger partial charge in [-0.15, -0.1) is 24.0 Å². The van der Waals surface area contributed by atoms with E-state index in [4.69, 9.17) is 4.74 Å². The summed E-state index contributed by atoms with van der Waals surface area (Å²) in [4.78, 5) is 8.91. The lowest BCUT2D eigenvalue weighted by atomic mass is 10.1. The first kappa shape index (κ1) is 24.2. The Bertz CT molecular complexity index is 698. The van der Waals surface area contributed by atoms with Crippen molar-refractivity contribution in [2.75, 3.05) is 19.7 Å². The number of guanidine groups is 1. The average molecular weight is 498 g/mol. The van der Waals surface area contributed by atoms with Crippen LogP contribution in [0, 0.1) is 0 Å². The molecule has 0 bridgehead atoms. The summed E-state index contributed by atoms with van der Waals surface area (Å²) in [5.74, 6) is 1.35. The van der Waals surface area contributed by atoms with Crippen LogP contribution in [-0.2, 0) is 6.54 Å². The molecule has 0 saturated heterocycles. The molecule has 0 saturated carbocycles. The molecule has 0 fully saturated rings. The summed E-state index contributed by atoms with van der Waals surface area (Å²) in [6.07, 6.45) is 2.78. The summed E-state index contributed by atoms with van der Waals surface area (Å²) in [6, 6.07) is 13.5. The predicted molar refractivity (Wildman–Crippen MR) is 124 cm³/mol. The molecular formula is C21H31IN4O2. The highest BCUT2D eigenvalue weighted by molar-refractivity contribution is 14.0. The van der Waals surface area contributed by atoms with Gasteiger partial charge in [0.15, 0.2) is 5.96 Å². The maximum Gasteiger partial charge on any atom is 0.218 e. The van der Waals surface area contributed by atoms with E-state index in [0.29, 0.717) is 38.0 Å². The van der Waals surface area contributed by atoms with Crippen molar-refractivity contribution in [1.29, 1.82) is 0 Å². The van der Waals surface area contributed by atoms with Crippen molar-refractivity contribution in [2.45, 2.75) is 39.3 Å². The summed E-state index contributed by atoms with van der Waals surface area (Å²) >= 11 is 0. The highest BCUT2D eigenvalue weighted by Crippen LogP contribution is 2.16. The van der Waals surface area contributed by atoms with Crippen molar-refractivity contribution >= 4 is 29.9 Å². The maximum atomic E-state index is 10.3. The van der Waals surface area contributed by atoms with Gasteiger partial charge in [-0.2, -0.15) is 0 Å². The summed E-state index contributed by atoms with van der Waals surface area (Å²) < 4.78 is 5.69. The van der Waals surface area contributed by atoms with Crippen LogP contribution >= 0.6 is 24.0 Å². The monoisotopic (exact) mass is 498 g/mol. The van der Waals surface area contributed by atoms with Gasteiger partial charge in [0.2, 0.25) is 5.88 Å². The molecule has 7 heteroatoms. The van der Waals surface area contributed by atoms with Crippen molar-refractivity contribution in [1.82, 2.24) is 15.6 Å². The molecule has 28 heavy (non-hydrogen) atoms. The highest BCUT2D eigenvalue weighted by Gasteiger charge is 2.08. The minimum absolute atomic E-state index is 0. The number of benzene rings is 1. The van der Waals surface area contributed by atoms with Crippen LogP contribution in [0.25, 0.3) is 0 Å². The number of rotatable bonds is 10. The fraction of sp³-hybridized carbons (Fsp3) is 0.429. The number of aromatic nitrogens is 1. The van der Waals surface area contributed by atoms with Gasteiger partial charge in [0, 0.05) is 24.8 Å². The van der Waals surface area contributed by atoms with Gasteiger partial charge in [-0.05, 0) is 31.4 Å². The molecule has 1 aromatic carbocycles. The van der Waals surface area contributed by atoms with Crippen molar-refractivity contribution in [3.63, 3.8) is 0 Å². The number of aliphatic hydroxyl groups is 1. The lowest BCUT2D eigenvalue weighted by molar-refractivity contribution is 0.168. The Labute approximate surface area is 184 Å². The van der Waals surface area contributed by atoms with Gasteiger partial charge in [0.25, 0.3) is 0 Å². The van der Waals surface area contributed by atoms with Crippen molar-refractivity contribution in [3.05, 3.63) is 59.8 Å². The van der Waals surface area contributed by atoms with E-state index in [1.54, 1.807) is 6.20 Å². The zero-order valence-electron chi connectivity index (χ0n) is 16.6. The Hall–Kier alpha value is -1.87. The minimum atomic E-state index is -0.492. The number of nitrogens with one attached hydrogen (secondary N) is 2. The van der Waals surface area contributed by atoms with Crippen LogP contribution in [0.2, 0.25) is 0 Å². The molecule has 1 unspecified atom stereocenters. The molecule has 1 aromatic heterocycles. The lowest BCUT2D eigenvalue weighted by Gasteiger charge is -2.15. The quantitative estimate of drug-likeness (QED) is 0.265. The van der Waals surface area contributed by atoms with Crippen LogP contribution in [-0.4, -0.2) is 35.7 Å². The molecule has 0 aliphatic carbocycles. The fourth-order valence-electron chi connectivity index (χ4n) is 2.55. The largest absolute Gasteiger partial charge is 0.477 e. The van der Waals surface area contributed by atoms with Gasteiger partial charge in [-0.3, -0.25) is 0 Å². The highest BCUT2D eigenvalue weighted by atomic mass is 127. The SMILES string of the molecule is CCCOc1ncccc1CN=C(NCC)NCCC(O)c1ccccc1.I. The zero-order valence-corrected chi connectivity index (χ0v) is 18.9. The van der Waals surface area contributed by atoms with Gasteiger partial charge in [0.1, 0.15) is 0 Å². The Morgan fingerprint density at radius 2 is 1.93 bits per heavy atom. The Kier molecular flexibility index (Phi) is 12.2. The third-order valence-electron chi connectivity index (χ3n) is 3.94. The standard InChI is InChI=1S/C21H30N4O2.HI/c1-3-15-27-20-18(11-8-13-23-20)16-25-21(22-4-2)24-14-12-19(26)17-9-6-5-7-10-17;/h5-11,13,19,26H,3-4,12,14-16H2,1-2H3,(H2,22,24,25);1H. The average Bonchev–Trinajstić information content (AvgIpc) is 2.71. The molecule has 0 spiro atoms. The molecule has 0 radical (unpaired) electrons. The van der Waals surface area contributed by atoms with E-state index in [0.717, 1.165) is 24.1 Å². The van der Waals surface area contributed by atoms with Crippen LogP contribution in [0.1, 0.15) is 43.9 Å². The minimum Gasteiger partial charge on any atom is -0.477 e. The van der Waals surface area contributed by atoms with E-state index in [-0.39, 0.29) is 24.0 Å². The number of ether oxygens (including phenoxy) is 1. The second-order valence-corrected chi connectivity index (χ2v) is 6.15. The third kappa shape index (κ3) is 8.43. The Morgan fingerprint density at radius 3 is 2.64 bits per heavy atom.